The van der Waals surface area contributed by atoms with Crippen molar-refractivity contribution < 1.29 is 4.52 Å². The number of aromatic nitrogens is 4. The van der Waals surface area contributed by atoms with E-state index < -0.39 is 0 Å². The van der Waals surface area contributed by atoms with Gasteiger partial charge in [0.2, 0.25) is 5.89 Å². The first-order valence-electron chi connectivity index (χ1n) is 9.42. The molecule has 4 heterocycles. The van der Waals surface area contributed by atoms with Gasteiger partial charge in [0.15, 0.2) is 5.82 Å². The van der Waals surface area contributed by atoms with E-state index in [1.54, 1.807) is 0 Å². The van der Waals surface area contributed by atoms with Crippen molar-refractivity contribution in [3.8, 4) is 0 Å². The van der Waals surface area contributed by atoms with Gasteiger partial charge in [-0.05, 0) is 47.7 Å². The van der Waals surface area contributed by atoms with Crippen LogP contribution in [0.1, 0.15) is 48.2 Å². The summed E-state index contributed by atoms with van der Waals surface area (Å²) >= 11 is 0. The van der Waals surface area contributed by atoms with E-state index in [-0.39, 0.29) is 11.5 Å². The summed E-state index contributed by atoms with van der Waals surface area (Å²) in [7, 11) is 2.20. The van der Waals surface area contributed by atoms with Gasteiger partial charge in [0.1, 0.15) is 5.82 Å². The topological polar surface area (TPSA) is 71.2 Å². The van der Waals surface area contributed by atoms with E-state index in [9.17, 15) is 0 Å². The zero-order chi connectivity index (χ0) is 18.5. The molecule has 3 atom stereocenters. The zero-order valence-electron chi connectivity index (χ0n) is 16.4. The third-order valence-corrected chi connectivity index (χ3v) is 6.28. The number of rotatable bonds is 3. The standard InChI is InChI=1S/C19H28N6O/c1-12-17(8-20-14(3)21-12)13(2)25-10-16-9-24(5)7-6-19(16,11-25)18-22-15(4)23-26-18/h8,13,16H,6-7,9-11H2,1-5H3/t13?,16-,19-/m1/s1. The van der Waals surface area contributed by atoms with Crippen LogP contribution in [0.3, 0.4) is 0 Å². The third kappa shape index (κ3) is 2.83. The molecule has 1 unspecified atom stereocenters. The van der Waals surface area contributed by atoms with Gasteiger partial charge < -0.3 is 9.42 Å². The summed E-state index contributed by atoms with van der Waals surface area (Å²) < 4.78 is 5.69. The summed E-state index contributed by atoms with van der Waals surface area (Å²) in [5, 5.41) is 4.08. The van der Waals surface area contributed by atoms with Gasteiger partial charge in [0, 0.05) is 49.0 Å². The highest BCUT2D eigenvalue weighted by Crippen LogP contribution is 2.46. The van der Waals surface area contributed by atoms with Gasteiger partial charge in [0.05, 0.1) is 5.41 Å². The van der Waals surface area contributed by atoms with Crippen molar-refractivity contribution in [1.82, 2.24) is 29.9 Å². The molecule has 0 radical (unpaired) electrons. The Bertz CT molecular complexity index is 805. The maximum absolute atomic E-state index is 5.69. The predicted molar refractivity (Wildman–Crippen MR) is 97.8 cm³/mol. The molecule has 0 aliphatic carbocycles. The summed E-state index contributed by atoms with van der Waals surface area (Å²) in [6.07, 6.45) is 3.04. The Morgan fingerprint density at radius 3 is 2.69 bits per heavy atom. The summed E-state index contributed by atoms with van der Waals surface area (Å²) in [6, 6.07) is 0.271. The van der Waals surface area contributed by atoms with E-state index in [0.29, 0.717) is 5.92 Å². The fraction of sp³-hybridized carbons (Fsp3) is 0.684. The Balaban J connectivity index is 1.66. The highest BCUT2D eigenvalue weighted by atomic mass is 16.5. The monoisotopic (exact) mass is 356 g/mol. The van der Waals surface area contributed by atoms with Crippen molar-refractivity contribution in [3.05, 3.63) is 35.0 Å². The van der Waals surface area contributed by atoms with E-state index in [4.69, 9.17) is 4.52 Å². The second-order valence-corrected chi connectivity index (χ2v) is 8.08. The van der Waals surface area contributed by atoms with Crippen LogP contribution < -0.4 is 0 Å². The van der Waals surface area contributed by atoms with Crippen molar-refractivity contribution in [1.29, 1.82) is 0 Å². The summed E-state index contributed by atoms with van der Waals surface area (Å²) in [6.45, 7) is 12.3. The minimum atomic E-state index is -0.0402. The lowest BCUT2D eigenvalue weighted by molar-refractivity contribution is 0.117. The summed E-state index contributed by atoms with van der Waals surface area (Å²) in [5.41, 5.74) is 2.24. The number of hydrogen-bond donors (Lipinski definition) is 0. The maximum Gasteiger partial charge on any atom is 0.234 e. The molecule has 0 aromatic carbocycles. The fourth-order valence-electron chi connectivity index (χ4n) is 4.73. The van der Waals surface area contributed by atoms with Crippen LogP contribution in [0.25, 0.3) is 0 Å². The van der Waals surface area contributed by atoms with E-state index >= 15 is 0 Å². The number of likely N-dealkylation sites (tertiary alicyclic amines) is 2. The van der Waals surface area contributed by atoms with Crippen LogP contribution in [-0.4, -0.2) is 63.1 Å². The minimum absolute atomic E-state index is 0.0402. The SMILES string of the molecule is Cc1noc([C@@]23CCN(C)C[C@@H]2CN(C(C)c2cnc(C)nc2C)C3)n1. The van der Waals surface area contributed by atoms with Crippen molar-refractivity contribution >= 4 is 0 Å². The average Bonchev–Trinajstić information content (AvgIpc) is 3.18. The van der Waals surface area contributed by atoms with Gasteiger partial charge in [0.25, 0.3) is 0 Å². The van der Waals surface area contributed by atoms with Crippen LogP contribution in [0.5, 0.6) is 0 Å². The first kappa shape index (κ1) is 17.5. The van der Waals surface area contributed by atoms with E-state index in [1.165, 1.54) is 5.56 Å². The molecule has 0 amide bonds. The molecule has 2 aromatic heterocycles. The van der Waals surface area contributed by atoms with E-state index in [2.05, 4.69) is 50.8 Å². The predicted octanol–water partition coefficient (Wildman–Crippen LogP) is 2.05. The molecule has 2 fully saturated rings. The van der Waals surface area contributed by atoms with Crippen molar-refractivity contribution in [2.24, 2.45) is 5.92 Å². The molecule has 0 N–H and O–H groups in total. The lowest BCUT2D eigenvalue weighted by atomic mass is 9.72. The van der Waals surface area contributed by atoms with Crippen LogP contribution in [-0.2, 0) is 5.41 Å². The molecule has 7 heteroatoms. The third-order valence-electron chi connectivity index (χ3n) is 6.28. The van der Waals surface area contributed by atoms with Crippen molar-refractivity contribution in [3.63, 3.8) is 0 Å². The average molecular weight is 356 g/mol. The molecule has 2 aromatic rings. The van der Waals surface area contributed by atoms with E-state index in [0.717, 1.165) is 55.8 Å². The number of fused-ring (bicyclic) bond motifs is 1. The second-order valence-electron chi connectivity index (χ2n) is 8.08. The Morgan fingerprint density at radius 2 is 2.00 bits per heavy atom. The second kappa shape index (κ2) is 6.39. The van der Waals surface area contributed by atoms with Gasteiger partial charge in [-0.25, -0.2) is 9.97 Å². The molecule has 140 valence electrons. The number of hydrogen-bond acceptors (Lipinski definition) is 7. The van der Waals surface area contributed by atoms with Crippen molar-refractivity contribution in [2.75, 3.05) is 33.2 Å². The number of nitrogens with zero attached hydrogens (tertiary/aromatic N) is 6. The summed E-state index contributed by atoms with van der Waals surface area (Å²) in [5.74, 6) is 2.87. The van der Waals surface area contributed by atoms with Gasteiger partial charge in [-0.15, -0.1) is 0 Å². The van der Waals surface area contributed by atoms with E-state index in [1.807, 2.05) is 20.0 Å². The van der Waals surface area contributed by atoms with Crippen molar-refractivity contribution in [2.45, 2.75) is 45.6 Å². The Kier molecular flexibility index (Phi) is 4.31. The number of aryl methyl sites for hydroxylation is 3. The molecule has 26 heavy (non-hydrogen) atoms. The maximum atomic E-state index is 5.69. The van der Waals surface area contributed by atoms with Gasteiger partial charge in [-0.3, -0.25) is 4.90 Å². The van der Waals surface area contributed by atoms with Crippen LogP contribution >= 0.6 is 0 Å². The van der Waals surface area contributed by atoms with Gasteiger partial charge >= 0.3 is 0 Å². The van der Waals surface area contributed by atoms with Crippen LogP contribution in [0.4, 0.5) is 0 Å². The largest absolute Gasteiger partial charge is 0.339 e. The Labute approximate surface area is 154 Å². The van der Waals surface area contributed by atoms with Gasteiger partial charge in [-0.1, -0.05) is 5.16 Å². The number of piperidine rings is 1. The zero-order valence-corrected chi connectivity index (χ0v) is 16.4. The van der Waals surface area contributed by atoms with Crippen LogP contribution in [0.15, 0.2) is 10.7 Å². The molecule has 2 aliphatic heterocycles. The summed E-state index contributed by atoms with van der Waals surface area (Å²) in [4.78, 5) is 18.6. The quantitative estimate of drug-likeness (QED) is 0.833. The highest BCUT2D eigenvalue weighted by Gasteiger charge is 2.54. The highest BCUT2D eigenvalue weighted by molar-refractivity contribution is 5.23. The molecular formula is C19H28N6O. The lowest BCUT2D eigenvalue weighted by Crippen LogP contribution is -2.48. The van der Waals surface area contributed by atoms with Crippen LogP contribution in [0, 0.1) is 26.7 Å². The first-order valence-corrected chi connectivity index (χ1v) is 9.42. The molecule has 2 aliphatic rings. The fourth-order valence-corrected chi connectivity index (χ4v) is 4.73. The molecule has 7 nitrogen and oxygen atoms in total. The Hall–Kier alpha value is -1.86. The molecule has 2 saturated heterocycles. The molecular weight excluding hydrogens is 328 g/mol. The smallest absolute Gasteiger partial charge is 0.234 e. The lowest BCUT2D eigenvalue weighted by Gasteiger charge is -2.39. The van der Waals surface area contributed by atoms with Gasteiger partial charge in [-0.2, -0.15) is 4.98 Å². The normalized spacial score (nSPS) is 28.3. The minimum Gasteiger partial charge on any atom is -0.339 e. The molecule has 0 saturated carbocycles. The first-order chi connectivity index (χ1) is 12.4. The molecule has 4 rings (SSSR count). The Morgan fingerprint density at radius 1 is 1.19 bits per heavy atom. The van der Waals surface area contributed by atoms with Crippen LogP contribution in [0.2, 0.25) is 0 Å². The molecule has 0 spiro atoms. The molecule has 0 bridgehead atoms.